The average molecular weight is 262 g/mol. The zero-order valence-electron chi connectivity index (χ0n) is 10.4. The molecule has 0 unspecified atom stereocenters. The first-order valence-corrected chi connectivity index (χ1v) is 8.01. The minimum atomic E-state index is -3.01. The van der Waals surface area contributed by atoms with Crippen LogP contribution in [0, 0.1) is 0 Å². The van der Waals surface area contributed by atoms with Crippen LogP contribution in [0.1, 0.15) is 19.8 Å². The van der Waals surface area contributed by atoms with E-state index < -0.39 is 9.84 Å². The number of Topliss-reactive ketones (excluding diaryl/α,β-unsaturated/α-hetero) is 1. The highest BCUT2D eigenvalue weighted by Crippen LogP contribution is 1.99. The Kier molecular flexibility index (Phi) is 6.08. The molecule has 1 heterocycles. The van der Waals surface area contributed by atoms with E-state index in [1.54, 1.807) is 6.92 Å². The lowest BCUT2D eigenvalue weighted by Crippen LogP contribution is -2.33. The average Bonchev–Trinajstić information content (AvgIpc) is 2.55. The van der Waals surface area contributed by atoms with Gasteiger partial charge in [-0.1, -0.05) is 6.92 Å². The van der Waals surface area contributed by atoms with E-state index in [9.17, 15) is 13.2 Å². The van der Waals surface area contributed by atoms with Crippen molar-refractivity contribution in [2.24, 2.45) is 0 Å². The van der Waals surface area contributed by atoms with Gasteiger partial charge in [-0.05, 0) is 19.5 Å². The fraction of sp³-hybridized carbons (Fsp3) is 0.909. The molecule has 0 saturated carbocycles. The van der Waals surface area contributed by atoms with Gasteiger partial charge in [0, 0.05) is 25.3 Å². The predicted molar refractivity (Wildman–Crippen MR) is 67.9 cm³/mol. The predicted octanol–water partition coefficient (Wildman–Crippen LogP) is -0.324. The van der Waals surface area contributed by atoms with Crippen LogP contribution in [0.3, 0.4) is 0 Å². The Hall–Kier alpha value is -0.460. The van der Waals surface area contributed by atoms with Crippen molar-refractivity contribution in [3.8, 4) is 0 Å². The van der Waals surface area contributed by atoms with Crippen molar-refractivity contribution in [1.29, 1.82) is 0 Å². The molecule has 5 nitrogen and oxygen atoms in total. The van der Waals surface area contributed by atoms with E-state index >= 15 is 0 Å². The second kappa shape index (κ2) is 7.08. The number of carbonyl (C=O) groups is 1. The van der Waals surface area contributed by atoms with Gasteiger partial charge < -0.3 is 5.32 Å². The van der Waals surface area contributed by atoms with E-state index in [0.29, 0.717) is 6.54 Å². The molecule has 1 rings (SSSR count). The first-order chi connectivity index (χ1) is 8.03. The zero-order valence-corrected chi connectivity index (χ0v) is 11.3. The van der Waals surface area contributed by atoms with Gasteiger partial charge >= 0.3 is 0 Å². The molecule has 0 radical (unpaired) electrons. The summed E-state index contributed by atoms with van der Waals surface area (Å²) in [6, 6.07) is 0. The topological polar surface area (TPSA) is 66.5 Å². The number of rotatable bonds is 6. The van der Waals surface area contributed by atoms with Crippen LogP contribution in [0.25, 0.3) is 0 Å². The van der Waals surface area contributed by atoms with Crippen molar-refractivity contribution in [3.05, 3.63) is 0 Å². The second-order valence-corrected chi connectivity index (χ2v) is 6.88. The van der Waals surface area contributed by atoms with Crippen LogP contribution in [0.4, 0.5) is 0 Å². The Morgan fingerprint density at radius 1 is 1.29 bits per heavy atom. The molecular weight excluding hydrogens is 240 g/mol. The first kappa shape index (κ1) is 14.6. The molecule has 17 heavy (non-hydrogen) atoms. The molecule has 1 aliphatic heterocycles. The molecule has 1 aliphatic rings. The maximum atomic E-state index is 11.7. The van der Waals surface area contributed by atoms with E-state index in [0.717, 1.165) is 32.6 Å². The van der Waals surface area contributed by atoms with Crippen LogP contribution in [-0.2, 0) is 14.6 Å². The van der Waals surface area contributed by atoms with Crippen molar-refractivity contribution < 1.29 is 13.2 Å². The molecule has 1 N–H and O–H groups in total. The van der Waals surface area contributed by atoms with E-state index in [1.807, 2.05) is 0 Å². The van der Waals surface area contributed by atoms with Crippen molar-refractivity contribution in [1.82, 2.24) is 10.2 Å². The Bertz CT molecular complexity index is 333. The number of carbonyl (C=O) groups excluding carboxylic acids is 1. The SMILES string of the molecule is CCS(=O)(=O)CCC(=O)CN1CCCNCC1. The zero-order chi connectivity index (χ0) is 12.7. The number of hydrogen-bond acceptors (Lipinski definition) is 5. The highest BCUT2D eigenvalue weighted by Gasteiger charge is 2.15. The molecule has 0 aromatic carbocycles. The Labute approximate surface area is 103 Å². The van der Waals surface area contributed by atoms with Gasteiger partial charge in [-0.15, -0.1) is 0 Å². The van der Waals surface area contributed by atoms with Crippen molar-refractivity contribution >= 4 is 15.6 Å². The number of ketones is 1. The monoisotopic (exact) mass is 262 g/mol. The quantitative estimate of drug-likeness (QED) is 0.710. The molecule has 0 aliphatic carbocycles. The van der Waals surface area contributed by atoms with Crippen LogP contribution in [0.15, 0.2) is 0 Å². The van der Waals surface area contributed by atoms with Gasteiger partial charge in [-0.25, -0.2) is 8.42 Å². The summed E-state index contributed by atoms with van der Waals surface area (Å²) < 4.78 is 22.6. The minimum Gasteiger partial charge on any atom is -0.315 e. The van der Waals surface area contributed by atoms with Gasteiger partial charge in [-0.2, -0.15) is 0 Å². The van der Waals surface area contributed by atoms with Crippen LogP contribution in [0.5, 0.6) is 0 Å². The minimum absolute atomic E-state index is 0.00553. The normalized spacial score (nSPS) is 18.9. The molecule has 0 aromatic heterocycles. The highest BCUT2D eigenvalue weighted by atomic mass is 32.2. The molecule has 0 atom stereocenters. The summed E-state index contributed by atoms with van der Waals surface area (Å²) >= 11 is 0. The maximum absolute atomic E-state index is 11.7. The first-order valence-electron chi connectivity index (χ1n) is 6.18. The summed E-state index contributed by atoms with van der Waals surface area (Å²) in [4.78, 5) is 13.8. The van der Waals surface area contributed by atoms with Crippen molar-refractivity contribution in [3.63, 3.8) is 0 Å². The van der Waals surface area contributed by atoms with Crippen molar-refractivity contribution in [2.45, 2.75) is 19.8 Å². The second-order valence-electron chi connectivity index (χ2n) is 4.40. The summed E-state index contributed by atoms with van der Waals surface area (Å²) in [5, 5.41) is 3.27. The van der Waals surface area contributed by atoms with E-state index in [1.165, 1.54) is 0 Å². The Morgan fingerprint density at radius 2 is 2.06 bits per heavy atom. The molecule has 1 saturated heterocycles. The molecule has 0 aromatic rings. The Balaban J connectivity index is 2.28. The highest BCUT2D eigenvalue weighted by molar-refractivity contribution is 7.91. The van der Waals surface area contributed by atoms with Gasteiger partial charge in [0.1, 0.15) is 15.6 Å². The molecular formula is C11H22N2O3S. The summed E-state index contributed by atoms with van der Waals surface area (Å²) in [5.74, 6) is 0.145. The maximum Gasteiger partial charge on any atom is 0.150 e. The Morgan fingerprint density at radius 3 is 2.76 bits per heavy atom. The largest absolute Gasteiger partial charge is 0.315 e. The summed E-state index contributed by atoms with van der Waals surface area (Å²) in [5.41, 5.74) is 0. The van der Waals surface area contributed by atoms with Gasteiger partial charge in [0.05, 0.1) is 12.3 Å². The molecule has 1 fully saturated rings. The summed E-state index contributed by atoms with van der Waals surface area (Å²) in [7, 11) is -3.01. The van der Waals surface area contributed by atoms with E-state index in [4.69, 9.17) is 0 Å². The van der Waals surface area contributed by atoms with Crippen molar-refractivity contribution in [2.75, 3.05) is 44.2 Å². The molecule has 6 heteroatoms. The van der Waals surface area contributed by atoms with Gasteiger partial charge in [0.25, 0.3) is 0 Å². The van der Waals surface area contributed by atoms with E-state index in [2.05, 4.69) is 10.2 Å². The lowest BCUT2D eigenvalue weighted by atomic mass is 10.3. The third kappa shape index (κ3) is 6.14. The molecule has 0 spiro atoms. The fourth-order valence-electron chi connectivity index (χ4n) is 1.80. The van der Waals surface area contributed by atoms with Crippen LogP contribution < -0.4 is 5.32 Å². The number of sulfone groups is 1. The third-order valence-corrected chi connectivity index (χ3v) is 4.67. The van der Waals surface area contributed by atoms with Crippen LogP contribution in [-0.4, -0.2) is 63.3 Å². The molecule has 0 bridgehead atoms. The lowest BCUT2D eigenvalue weighted by molar-refractivity contribution is -0.119. The summed E-state index contributed by atoms with van der Waals surface area (Å²) in [6.07, 6.45) is 1.20. The fourth-order valence-corrected chi connectivity index (χ4v) is 2.63. The smallest absolute Gasteiger partial charge is 0.150 e. The standard InChI is InChI=1S/C11H22N2O3S/c1-2-17(15,16)9-4-11(14)10-13-7-3-5-12-6-8-13/h12H,2-10H2,1H3. The summed E-state index contributed by atoms with van der Waals surface area (Å²) in [6.45, 7) is 5.68. The van der Waals surface area contributed by atoms with Gasteiger partial charge in [-0.3, -0.25) is 9.69 Å². The molecule has 100 valence electrons. The van der Waals surface area contributed by atoms with Crippen LogP contribution >= 0.6 is 0 Å². The van der Waals surface area contributed by atoms with Crippen LogP contribution in [0.2, 0.25) is 0 Å². The number of nitrogens with one attached hydrogen (secondary N) is 1. The molecule has 0 amide bonds. The number of hydrogen-bond donors (Lipinski definition) is 1. The number of nitrogens with zero attached hydrogens (tertiary/aromatic N) is 1. The lowest BCUT2D eigenvalue weighted by Gasteiger charge is -2.18. The van der Waals surface area contributed by atoms with Gasteiger partial charge in [0.15, 0.2) is 0 Å². The van der Waals surface area contributed by atoms with Gasteiger partial charge in [0.2, 0.25) is 0 Å². The van der Waals surface area contributed by atoms with E-state index in [-0.39, 0.29) is 23.7 Å². The third-order valence-electron chi connectivity index (χ3n) is 2.96.